The molecule has 1 aromatic carbocycles. The number of halogens is 1. The third kappa shape index (κ3) is 2.76. The molecule has 1 amide bonds. The summed E-state index contributed by atoms with van der Waals surface area (Å²) in [5.41, 5.74) is 11.0. The second kappa shape index (κ2) is 6.33. The normalized spacial score (nSPS) is 27.4. The standard InChI is InChI=1S/C20H24N2O2.ClH/c21-18-5-4-14-9-22(10-17(14)18)20(23)8-15-11-24-19-7-13-3-1-2-12(13)6-16(15)19;/h6-7,11,14,17-18H,1-5,8-10,21H2;1H. The number of hydrogen-bond donors (Lipinski definition) is 1. The molecule has 2 heterocycles. The molecule has 2 aromatic rings. The number of nitrogens with two attached hydrogens (primary N) is 1. The number of furan rings is 1. The maximum atomic E-state index is 12.8. The second-order valence-corrected chi connectivity index (χ2v) is 7.87. The SMILES string of the molecule is Cl.NC1CCC2CN(C(=O)Cc3coc4cc5c(cc34)CCC5)CC12. The van der Waals surface area contributed by atoms with E-state index >= 15 is 0 Å². The molecule has 1 saturated heterocycles. The van der Waals surface area contributed by atoms with Crippen LogP contribution in [0.4, 0.5) is 0 Å². The molecule has 0 radical (unpaired) electrons. The first-order chi connectivity index (χ1) is 11.7. The summed E-state index contributed by atoms with van der Waals surface area (Å²) >= 11 is 0. The Morgan fingerprint density at radius 2 is 2.00 bits per heavy atom. The van der Waals surface area contributed by atoms with Crippen molar-refractivity contribution in [2.75, 3.05) is 13.1 Å². The van der Waals surface area contributed by atoms with Crippen LogP contribution in [0.25, 0.3) is 11.0 Å². The van der Waals surface area contributed by atoms with Gasteiger partial charge in [-0.25, -0.2) is 0 Å². The van der Waals surface area contributed by atoms with Gasteiger partial charge in [0, 0.05) is 30.1 Å². The zero-order chi connectivity index (χ0) is 16.3. The van der Waals surface area contributed by atoms with Gasteiger partial charge in [0.1, 0.15) is 5.58 Å². The molecule has 25 heavy (non-hydrogen) atoms. The predicted molar refractivity (Wildman–Crippen MR) is 100.0 cm³/mol. The van der Waals surface area contributed by atoms with Crippen LogP contribution in [0.5, 0.6) is 0 Å². The van der Waals surface area contributed by atoms with Crippen LogP contribution in [0.15, 0.2) is 22.8 Å². The molecule has 3 unspecified atom stereocenters. The molecule has 2 N–H and O–H groups in total. The smallest absolute Gasteiger partial charge is 0.227 e. The number of benzene rings is 1. The van der Waals surface area contributed by atoms with Crippen LogP contribution in [0.2, 0.25) is 0 Å². The van der Waals surface area contributed by atoms with Gasteiger partial charge in [0.2, 0.25) is 5.91 Å². The molecular formula is C20H25ClN2O2. The first kappa shape index (κ1) is 16.9. The Bertz CT molecular complexity index is 815. The summed E-state index contributed by atoms with van der Waals surface area (Å²) in [5.74, 6) is 1.35. The summed E-state index contributed by atoms with van der Waals surface area (Å²) in [7, 11) is 0. The Balaban J connectivity index is 0.00000157. The molecule has 2 aliphatic carbocycles. The van der Waals surface area contributed by atoms with Crippen LogP contribution in [-0.4, -0.2) is 29.9 Å². The Hall–Kier alpha value is -1.52. The number of aryl methyl sites for hydroxylation is 2. The monoisotopic (exact) mass is 360 g/mol. The van der Waals surface area contributed by atoms with Gasteiger partial charge >= 0.3 is 0 Å². The summed E-state index contributed by atoms with van der Waals surface area (Å²) in [5, 5.41) is 1.13. The van der Waals surface area contributed by atoms with Crippen molar-refractivity contribution in [2.24, 2.45) is 17.6 Å². The third-order valence-electron chi connectivity index (χ3n) is 6.47. The molecule has 3 atom stereocenters. The molecule has 0 spiro atoms. The highest BCUT2D eigenvalue weighted by molar-refractivity contribution is 5.88. The van der Waals surface area contributed by atoms with E-state index < -0.39 is 0 Å². The molecule has 1 saturated carbocycles. The number of hydrogen-bond acceptors (Lipinski definition) is 3. The first-order valence-corrected chi connectivity index (χ1v) is 9.24. The van der Waals surface area contributed by atoms with Gasteiger partial charge in [-0.15, -0.1) is 12.4 Å². The molecular weight excluding hydrogens is 336 g/mol. The lowest BCUT2D eigenvalue weighted by atomic mass is 9.98. The van der Waals surface area contributed by atoms with Crippen molar-refractivity contribution in [1.29, 1.82) is 0 Å². The minimum Gasteiger partial charge on any atom is -0.464 e. The van der Waals surface area contributed by atoms with Crippen molar-refractivity contribution in [3.63, 3.8) is 0 Å². The van der Waals surface area contributed by atoms with Gasteiger partial charge in [-0.1, -0.05) is 0 Å². The summed E-state index contributed by atoms with van der Waals surface area (Å²) in [6, 6.07) is 4.70. The van der Waals surface area contributed by atoms with Gasteiger partial charge < -0.3 is 15.1 Å². The Morgan fingerprint density at radius 3 is 2.80 bits per heavy atom. The molecule has 1 aromatic heterocycles. The third-order valence-corrected chi connectivity index (χ3v) is 6.47. The summed E-state index contributed by atoms with van der Waals surface area (Å²) in [6.07, 6.45) is 8.05. The number of amides is 1. The van der Waals surface area contributed by atoms with Crippen LogP contribution in [-0.2, 0) is 24.1 Å². The van der Waals surface area contributed by atoms with Crippen molar-refractivity contribution >= 4 is 29.3 Å². The number of carbonyl (C=O) groups excluding carboxylic acids is 1. The van der Waals surface area contributed by atoms with Crippen LogP contribution < -0.4 is 5.73 Å². The fraction of sp³-hybridized carbons (Fsp3) is 0.550. The van der Waals surface area contributed by atoms with E-state index in [0.29, 0.717) is 18.3 Å². The maximum Gasteiger partial charge on any atom is 0.227 e. The zero-order valence-corrected chi connectivity index (χ0v) is 15.2. The van der Waals surface area contributed by atoms with Gasteiger partial charge in [-0.2, -0.15) is 0 Å². The van der Waals surface area contributed by atoms with Crippen molar-refractivity contribution in [3.05, 3.63) is 35.1 Å². The number of nitrogens with zero attached hydrogens (tertiary/aromatic N) is 1. The fourth-order valence-electron chi connectivity index (χ4n) is 5.07. The fourth-order valence-corrected chi connectivity index (χ4v) is 5.07. The Labute approximate surface area is 154 Å². The molecule has 5 heteroatoms. The molecule has 134 valence electrons. The quantitative estimate of drug-likeness (QED) is 0.895. The number of carbonyl (C=O) groups is 1. The van der Waals surface area contributed by atoms with Gasteiger partial charge in [0.25, 0.3) is 0 Å². The van der Waals surface area contributed by atoms with Crippen molar-refractivity contribution in [1.82, 2.24) is 4.90 Å². The lowest BCUT2D eigenvalue weighted by Gasteiger charge is -2.18. The Kier molecular flexibility index (Phi) is 4.28. The molecule has 1 aliphatic heterocycles. The average molecular weight is 361 g/mol. The van der Waals surface area contributed by atoms with Gasteiger partial charge in [-0.3, -0.25) is 4.79 Å². The van der Waals surface area contributed by atoms with E-state index in [9.17, 15) is 4.79 Å². The number of rotatable bonds is 2. The van der Waals surface area contributed by atoms with Crippen molar-refractivity contribution in [3.8, 4) is 0 Å². The maximum absolute atomic E-state index is 12.8. The Morgan fingerprint density at radius 1 is 1.20 bits per heavy atom. The van der Waals surface area contributed by atoms with Crippen molar-refractivity contribution < 1.29 is 9.21 Å². The van der Waals surface area contributed by atoms with Crippen LogP contribution in [0.1, 0.15) is 36.0 Å². The number of likely N-dealkylation sites (tertiary alicyclic amines) is 1. The van der Waals surface area contributed by atoms with Gasteiger partial charge in [0.05, 0.1) is 12.7 Å². The topological polar surface area (TPSA) is 59.5 Å². The van der Waals surface area contributed by atoms with Crippen LogP contribution in [0.3, 0.4) is 0 Å². The largest absolute Gasteiger partial charge is 0.464 e. The van der Waals surface area contributed by atoms with E-state index in [1.807, 2.05) is 4.90 Å². The van der Waals surface area contributed by atoms with Crippen LogP contribution >= 0.6 is 12.4 Å². The van der Waals surface area contributed by atoms with Gasteiger partial charge in [0.15, 0.2) is 0 Å². The first-order valence-electron chi connectivity index (χ1n) is 9.24. The van der Waals surface area contributed by atoms with E-state index in [-0.39, 0.29) is 24.4 Å². The molecule has 3 aliphatic rings. The molecule has 5 rings (SSSR count). The minimum atomic E-state index is 0. The highest BCUT2D eigenvalue weighted by atomic mass is 35.5. The minimum absolute atomic E-state index is 0. The second-order valence-electron chi connectivity index (χ2n) is 7.87. The highest BCUT2D eigenvalue weighted by Crippen LogP contribution is 2.37. The number of fused-ring (bicyclic) bond motifs is 3. The lowest BCUT2D eigenvalue weighted by molar-refractivity contribution is -0.129. The van der Waals surface area contributed by atoms with Gasteiger partial charge in [-0.05, 0) is 67.2 Å². The average Bonchev–Trinajstić information content (AvgIpc) is 3.32. The molecule has 2 fully saturated rings. The van der Waals surface area contributed by atoms with E-state index in [2.05, 4.69) is 12.1 Å². The van der Waals surface area contributed by atoms with E-state index in [4.69, 9.17) is 10.2 Å². The summed E-state index contributed by atoms with van der Waals surface area (Å²) in [4.78, 5) is 14.8. The molecule has 4 nitrogen and oxygen atoms in total. The zero-order valence-electron chi connectivity index (χ0n) is 14.4. The van der Waals surface area contributed by atoms with Crippen LogP contribution in [0, 0.1) is 11.8 Å². The van der Waals surface area contributed by atoms with Crippen molar-refractivity contribution in [2.45, 2.75) is 44.6 Å². The lowest BCUT2D eigenvalue weighted by Crippen LogP contribution is -2.34. The molecule has 0 bridgehead atoms. The van der Waals surface area contributed by atoms with E-state index in [1.54, 1.807) is 6.26 Å². The highest BCUT2D eigenvalue weighted by Gasteiger charge is 2.42. The summed E-state index contributed by atoms with van der Waals surface area (Å²) in [6.45, 7) is 1.73. The predicted octanol–water partition coefficient (Wildman–Crippen LogP) is 3.08. The summed E-state index contributed by atoms with van der Waals surface area (Å²) < 4.78 is 5.74. The van der Waals surface area contributed by atoms with E-state index in [0.717, 1.165) is 48.9 Å². The van der Waals surface area contributed by atoms with E-state index in [1.165, 1.54) is 24.0 Å².